The summed E-state index contributed by atoms with van der Waals surface area (Å²) in [6.45, 7) is 1.25. The molecule has 0 aromatic heterocycles. The third-order valence-electron chi connectivity index (χ3n) is 2.04. The first-order chi connectivity index (χ1) is 6.35. The maximum absolute atomic E-state index is 5.72. The standard InChI is InChI=1S/C10H11ClO2/c11-6-10(8-13-10)7-12-9-4-2-1-3-5-9/h1-5H,6-8H2. The predicted molar refractivity (Wildman–Crippen MR) is 51.3 cm³/mol. The van der Waals surface area contributed by atoms with Crippen molar-refractivity contribution in [2.24, 2.45) is 0 Å². The largest absolute Gasteiger partial charge is 0.490 e. The Labute approximate surface area is 82.4 Å². The molecule has 70 valence electrons. The van der Waals surface area contributed by atoms with Gasteiger partial charge >= 0.3 is 0 Å². The zero-order valence-electron chi connectivity index (χ0n) is 7.20. The number of hydrogen-bond acceptors (Lipinski definition) is 2. The smallest absolute Gasteiger partial charge is 0.139 e. The summed E-state index contributed by atoms with van der Waals surface area (Å²) in [5, 5.41) is 0. The molecule has 1 unspecified atom stereocenters. The topological polar surface area (TPSA) is 21.8 Å². The van der Waals surface area contributed by atoms with Crippen LogP contribution in [0.1, 0.15) is 0 Å². The third-order valence-corrected chi connectivity index (χ3v) is 2.53. The van der Waals surface area contributed by atoms with Crippen LogP contribution < -0.4 is 4.74 Å². The molecule has 1 saturated heterocycles. The van der Waals surface area contributed by atoms with Crippen LogP contribution in [0.25, 0.3) is 0 Å². The van der Waals surface area contributed by atoms with E-state index in [9.17, 15) is 0 Å². The van der Waals surface area contributed by atoms with E-state index in [-0.39, 0.29) is 5.60 Å². The van der Waals surface area contributed by atoms with Crippen LogP contribution in [-0.2, 0) is 4.74 Å². The molecule has 0 aliphatic carbocycles. The van der Waals surface area contributed by atoms with Crippen molar-refractivity contribution in [2.75, 3.05) is 19.1 Å². The fraction of sp³-hybridized carbons (Fsp3) is 0.400. The summed E-state index contributed by atoms with van der Waals surface area (Å²) in [7, 11) is 0. The monoisotopic (exact) mass is 198 g/mol. The Hall–Kier alpha value is -0.730. The highest BCUT2D eigenvalue weighted by Crippen LogP contribution is 2.29. The Bertz CT molecular complexity index is 270. The Morgan fingerprint density at radius 1 is 1.38 bits per heavy atom. The van der Waals surface area contributed by atoms with Crippen LogP contribution >= 0.6 is 11.6 Å². The molecule has 1 heterocycles. The molecule has 0 amide bonds. The highest BCUT2D eigenvalue weighted by Gasteiger charge is 2.45. The first-order valence-electron chi connectivity index (χ1n) is 4.22. The molecule has 2 rings (SSSR count). The molecule has 1 aromatic rings. The summed E-state index contributed by atoms with van der Waals surface area (Å²) in [6, 6.07) is 9.68. The van der Waals surface area contributed by atoms with Gasteiger partial charge in [-0.2, -0.15) is 0 Å². The van der Waals surface area contributed by atoms with Gasteiger partial charge in [0.2, 0.25) is 0 Å². The number of para-hydroxylation sites is 1. The van der Waals surface area contributed by atoms with E-state index >= 15 is 0 Å². The quantitative estimate of drug-likeness (QED) is 0.546. The molecule has 0 bridgehead atoms. The lowest BCUT2D eigenvalue weighted by molar-refractivity contribution is 0.205. The lowest BCUT2D eigenvalue weighted by Crippen LogP contribution is -2.23. The van der Waals surface area contributed by atoms with E-state index in [2.05, 4.69) is 0 Å². The molecule has 1 aliphatic heterocycles. The minimum absolute atomic E-state index is 0.211. The second-order valence-electron chi connectivity index (χ2n) is 3.21. The molecule has 1 aliphatic rings. The van der Waals surface area contributed by atoms with Crippen LogP contribution in [0.5, 0.6) is 5.75 Å². The van der Waals surface area contributed by atoms with Gasteiger partial charge in [-0.25, -0.2) is 0 Å². The number of halogens is 1. The van der Waals surface area contributed by atoms with Crippen molar-refractivity contribution >= 4 is 11.6 Å². The Balaban J connectivity index is 1.86. The van der Waals surface area contributed by atoms with Crippen molar-refractivity contribution < 1.29 is 9.47 Å². The molecule has 3 heteroatoms. The number of alkyl halides is 1. The van der Waals surface area contributed by atoms with Crippen molar-refractivity contribution in [3.63, 3.8) is 0 Å². The minimum atomic E-state index is -0.211. The fourth-order valence-corrected chi connectivity index (χ4v) is 1.26. The third kappa shape index (κ3) is 2.14. The highest BCUT2D eigenvalue weighted by molar-refractivity contribution is 6.18. The van der Waals surface area contributed by atoms with E-state index in [0.29, 0.717) is 19.1 Å². The molecule has 2 nitrogen and oxygen atoms in total. The van der Waals surface area contributed by atoms with Crippen molar-refractivity contribution in [1.82, 2.24) is 0 Å². The van der Waals surface area contributed by atoms with Gasteiger partial charge in [-0.05, 0) is 12.1 Å². The number of rotatable bonds is 4. The van der Waals surface area contributed by atoms with Gasteiger partial charge in [-0.3, -0.25) is 0 Å². The Morgan fingerprint density at radius 3 is 2.62 bits per heavy atom. The molecule has 0 saturated carbocycles. The van der Waals surface area contributed by atoms with Crippen LogP contribution in [0.4, 0.5) is 0 Å². The van der Waals surface area contributed by atoms with Crippen molar-refractivity contribution in [2.45, 2.75) is 5.60 Å². The summed E-state index contributed by atoms with van der Waals surface area (Å²) in [4.78, 5) is 0. The van der Waals surface area contributed by atoms with E-state index in [1.165, 1.54) is 0 Å². The normalized spacial score (nSPS) is 25.6. The van der Waals surface area contributed by atoms with Crippen LogP contribution in [0.2, 0.25) is 0 Å². The molecule has 0 spiro atoms. The zero-order valence-corrected chi connectivity index (χ0v) is 7.96. The number of ether oxygens (including phenoxy) is 2. The SMILES string of the molecule is ClCC1(COc2ccccc2)CO1. The lowest BCUT2D eigenvalue weighted by atomic mass is 10.2. The molecule has 1 fully saturated rings. The number of benzene rings is 1. The van der Waals surface area contributed by atoms with Crippen molar-refractivity contribution in [1.29, 1.82) is 0 Å². The van der Waals surface area contributed by atoms with Crippen molar-refractivity contribution in [3.05, 3.63) is 30.3 Å². The van der Waals surface area contributed by atoms with Gasteiger partial charge in [-0.15, -0.1) is 11.6 Å². The molecular formula is C10H11ClO2. The average molecular weight is 199 g/mol. The summed E-state index contributed by atoms with van der Waals surface area (Å²) in [5.41, 5.74) is -0.211. The number of hydrogen-bond donors (Lipinski definition) is 0. The van der Waals surface area contributed by atoms with E-state index in [1.54, 1.807) is 0 Å². The first-order valence-corrected chi connectivity index (χ1v) is 4.76. The van der Waals surface area contributed by atoms with E-state index in [4.69, 9.17) is 21.1 Å². The van der Waals surface area contributed by atoms with E-state index in [1.807, 2.05) is 30.3 Å². The molecular weight excluding hydrogens is 188 g/mol. The Kier molecular flexibility index (Phi) is 2.42. The van der Waals surface area contributed by atoms with E-state index < -0.39 is 0 Å². The van der Waals surface area contributed by atoms with Crippen LogP contribution in [0.3, 0.4) is 0 Å². The van der Waals surface area contributed by atoms with Gasteiger partial charge in [0.05, 0.1) is 12.5 Å². The van der Waals surface area contributed by atoms with Gasteiger partial charge < -0.3 is 9.47 Å². The fourth-order valence-electron chi connectivity index (χ4n) is 1.03. The summed E-state index contributed by atoms with van der Waals surface area (Å²) in [6.07, 6.45) is 0. The van der Waals surface area contributed by atoms with Gasteiger partial charge in [0.25, 0.3) is 0 Å². The second kappa shape index (κ2) is 3.56. The maximum atomic E-state index is 5.72. The molecule has 0 N–H and O–H groups in total. The van der Waals surface area contributed by atoms with Crippen LogP contribution in [-0.4, -0.2) is 24.7 Å². The van der Waals surface area contributed by atoms with Gasteiger partial charge in [0.15, 0.2) is 0 Å². The summed E-state index contributed by atoms with van der Waals surface area (Å²) >= 11 is 5.72. The van der Waals surface area contributed by atoms with Gasteiger partial charge in [-0.1, -0.05) is 18.2 Å². The molecule has 1 aromatic carbocycles. The van der Waals surface area contributed by atoms with Crippen molar-refractivity contribution in [3.8, 4) is 5.75 Å². The molecule has 0 radical (unpaired) electrons. The number of epoxide rings is 1. The summed E-state index contributed by atoms with van der Waals surface area (Å²) < 4.78 is 10.7. The molecule has 13 heavy (non-hydrogen) atoms. The Morgan fingerprint density at radius 2 is 2.08 bits per heavy atom. The van der Waals surface area contributed by atoms with E-state index in [0.717, 1.165) is 5.75 Å². The van der Waals surface area contributed by atoms with Crippen LogP contribution in [0, 0.1) is 0 Å². The van der Waals surface area contributed by atoms with Gasteiger partial charge in [0, 0.05) is 0 Å². The predicted octanol–water partition coefficient (Wildman–Crippen LogP) is 2.07. The lowest BCUT2D eigenvalue weighted by Gasteiger charge is -2.09. The van der Waals surface area contributed by atoms with Gasteiger partial charge in [0.1, 0.15) is 18.0 Å². The zero-order chi connectivity index (χ0) is 9.15. The molecule has 1 atom stereocenters. The summed E-state index contributed by atoms with van der Waals surface area (Å²) in [5.74, 6) is 1.36. The first kappa shape index (κ1) is 8.85. The average Bonchev–Trinajstić information content (AvgIpc) is 2.97. The second-order valence-corrected chi connectivity index (χ2v) is 3.47. The maximum Gasteiger partial charge on any atom is 0.139 e. The van der Waals surface area contributed by atoms with Crippen LogP contribution in [0.15, 0.2) is 30.3 Å². The highest BCUT2D eigenvalue weighted by atomic mass is 35.5. The minimum Gasteiger partial charge on any atom is -0.490 e.